The van der Waals surface area contributed by atoms with Crippen LogP contribution < -0.4 is 10.5 Å². The average Bonchev–Trinajstić information content (AvgIpc) is 2.37. The van der Waals surface area contributed by atoms with E-state index in [9.17, 15) is 0 Å². The molecule has 2 aromatic carbocycles. The molecule has 0 atom stereocenters. The van der Waals surface area contributed by atoms with Gasteiger partial charge in [-0.1, -0.05) is 29.8 Å². The second kappa shape index (κ2) is 5.45. The zero-order chi connectivity index (χ0) is 14.0. The molecule has 0 aromatic heterocycles. The first-order valence-corrected chi connectivity index (χ1v) is 6.52. The van der Waals surface area contributed by atoms with Gasteiger partial charge in [0.2, 0.25) is 0 Å². The molecule has 2 rings (SSSR count). The molecule has 0 bridgehead atoms. The lowest BCUT2D eigenvalue weighted by atomic mass is 9.92. The number of hydrogen-bond acceptors (Lipinski definition) is 2. The van der Waals surface area contributed by atoms with Crippen molar-refractivity contribution < 1.29 is 4.74 Å². The largest absolute Gasteiger partial charge is 0.496 e. The van der Waals surface area contributed by atoms with Gasteiger partial charge >= 0.3 is 0 Å². The maximum atomic E-state index is 5.87. The summed E-state index contributed by atoms with van der Waals surface area (Å²) in [6.45, 7) is 6.83. The van der Waals surface area contributed by atoms with E-state index in [4.69, 9.17) is 10.5 Å². The third-order valence-electron chi connectivity index (χ3n) is 3.42. The summed E-state index contributed by atoms with van der Waals surface area (Å²) in [6.07, 6.45) is 0. The molecule has 0 fully saturated rings. The van der Waals surface area contributed by atoms with Gasteiger partial charge in [-0.05, 0) is 49.1 Å². The van der Waals surface area contributed by atoms with Crippen LogP contribution in [0.15, 0.2) is 30.3 Å². The van der Waals surface area contributed by atoms with E-state index < -0.39 is 0 Å². The molecule has 0 amide bonds. The Hall–Kier alpha value is -1.80. The summed E-state index contributed by atoms with van der Waals surface area (Å²) in [4.78, 5) is 0. The van der Waals surface area contributed by atoms with Gasteiger partial charge in [0.1, 0.15) is 5.75 Å². The molecule has 0 heterocycles. The minimum atomic E-state index is 0.534. The molecule has 0 spiro atoms. The minimum Gasteiger partial charge on any atom is -0.496 e. The van der Waals surface area contributed by atoms with E-state index in [0.29, 0.717) is 6.54 Å². The van der Waals surface area contributed by atoms with Crippen LogP contribution >= 0.6 is 0 Å². The molecular formula is C17H21NO. The van der Waals surface area contributed by atoms with Crippen molar-refractivity contribution >= 4 is 0 Å². The topological polar surface area (TPSA) is 35.2 Å². The van der Waals surface area contributed by atoms with Crippen LogP contribution in [0.25, 0.3) is 11.1 Å². The average molecular weight is 255 g/mol. The summed E-state index contributed by atoms with van der Waals surface area (Å²) < 4.78 is 5.56. The monoisotopic (exact) mass is 255 g/mol. The van der Waals surface area contributed by atoms with Gasteiger partial charge in [0.05, 0.1) is 7.11 Å². The zero-order valence-electron chi connectivity index (χ0n) is 12.1. The van der Waals surface area contributed by atoms with Crippen LogP contribution in [0.4, 0.5) is 0 Å². The molecule has 0 aliphatic carbocycles. The molecule has 0 saturated carbocycles. The first-order valence-electron chi connectivity index (χ1n) is 6.52. The Morgan fingerprint density at radius 2 is 1.74 bits per heavy atom. The minimum absolute atomic E-state index is 0.534. The lowest BCUT2D eigenvalue weighted by Crippen LogP contribution is -2.01. The molecule has 100 valence electrons. The lowest BCUT2D eigenvalue weighted by molar-refractivity contribution is 0.416. The van der Waals surface area contributed by atoms with Gasteiger partial charge in [-0.25, -0.2) is 0 Å². The third-order valence-corrected chi connectivity index (χ3v) is 3.42. The van der Waals surface area contributed by atoms with Crippen molar-refractivity contribution in [2.75, 3.05) is 7.11 Å². The van der Waals surface area contributed by atoms with Gasteiger partial charge in [0.25, 0.3) is 0 Å². The number of hydrogen-bond donors (Lipinski definition) is 1. The number of nitrogens with two attached hydrogens (primary N) is 1. The quantitative estimate of drug-likeness (QED) is 0.906. The van der Waals surface area contributed by atoms with E-state index in [1.807, 2.05) is 0 Å². The van der Waals surface area contributed by atoms with Crippen LogP contribution in [0.3, 0.4) is 0 Å². The summed E-state index contributed by atoms with van der Waals surface area (Å²) in [5, 5.41) is 0. The van der Waals surface area contributed by atoms with Gasteiger partial charge < -0.3 is 10.5 Å². The number of rotatable bonds is 3. The number of benzene rings is 2. The second-order valence-electron chi connectivity index (χ2n) is 5.02. The Labute approximate surface area is 115 Å². The smallest absolute Gasteiger partial charge is 0.127 e. The van der Waals surface area contributed by atoms with Crippen molar-refractivity contribution in [3.05, 3.63) is 52.6 Å². The molecule has 0 radical (unpaired) electrons. The van der Waals surface area contributed by atoms with Crippen molar-refractivity contribution in [2.45, 2.75) is 27.3 Å². The Balaban J connectivity index is 2.74. The van der Waals surface area contributed by atoms with Crippen LogP contribution in [0.5, 0.6) is 5.75 Å². The van der Waals surface area contributed by atoms with Gasteiger partial charge in [-0.3, -0.25) is 0 Å². The maximum absolute atomic E-state index is 5.87. The van der Waals surface area contributed by atoms with Crippen LogP contribution in [-0.2, 0) is 6.54 Å². The SMILES string of the molecule is COc1cc(C)cc(C)c1-c1cc(C)ccc1CN. The van der Waals surface area contributed by atoms with Gasteiger partial charge in [-0.2, -0.15) is 0 Å². The highest BCUT2D eigenvalue weighted by atomic mass is 16.5. The van der Waals surface area contributed by atoms with Gasteiger partial charge in [0, 0.05) is 12.1 Å². The van der Waals surface area contributed by atoms with Crippen molar-refractivity contribution in [3.63, 3.8) is 0 Å². The molecule has 19 heavy (non-hydrogen) atoms. The molecule has 2 N–H and O–H groups in total. The van der Waals surface area contributed by atoms with Crippen molar-refractivity contribution in [3.8, 4) is 16.9 Å². The van der Waals surface area contributed by atoms with Crippen LogP contribution in [0.2, 0.25) is 0 Å². The molecular weight excluding hydrogens is 234 g/mol. The van der Waals surface area contributed by atoms with Crippen LogP contribution in [-0.4, -0.2) is 7.11 Å². The molecule has 0 unspecified atom stereocenters. The van der Waals surface area contributed by atoms with E-state index >= 15 is 0 Å². The molecule has 0 aliphatic rings. The number of ether oxygens (including phenoxy) is 1. The maximum Gasteiger partial charge on any atom is 0.127 e. The summed E-state index contributed by atoms with van der Waals surface area (Å²) >= 11 is 0. The fourth-order valence-corrected chi connectivity index (χ4v) is 2.54. The summed E-state index contributed by atoms with van der Waals surface area (Å²) in [7, 11) is 1.72. The van der Waals surface area contributed by atoms with E-state index in [0.717, 1.165) is 16.9 Å². The predicted octanol–water partition coefficient (Wildman–Crippen LogP) is 3.75. The Bertz CT molecular complexity index is 602. The normalized spacial score (nSPS) is 10.6. The van der Waals surface area contributed by atoms with Crippen molar-refractivity contribution in [1.29, 1.82) is 0 Å². The van der Waals surface area contributed by atoms with Gasteiger partial charge in [0.15, 0.2) is 0 Å². The predicted molar refractivity (Wildman–Crippen MR) is 80.5 cm³/mol. The zero-order valence-corrected chi connectivity index (χ0v) is 12.1. The Morgan fingerprint density at radius 1 is 1.00 bits per heavy atom. The molecule has 0 aliphatic heterocycles. The summed E-state index contributed by atoms with van der Waals surface area (Å²) in [5.41, 5.74) is 13.0. The highest BCUT2D eigenvalue weighted by molar-refractivity contribution is 5.77. The highest BCUT2D eigenvalue weighted by Crippen LogP contribution is 2.36. The first kappa shape index (κ1) is 13.6. The molecule has 2 aromatic rings. The van der Waals surface area contributed by atoms with Gasteiger partial charge in [-0.15, -0.1) is 0 Å². The van der Waals surface area contributed by atoms with E-state index in [1.54, 1.807) is 7.11 Å². The van der Waals surface area contributed by atoms with E-state index in [1.165, 1.54) is 22.3 Å². The number of aryl methyl sites for hydroxylation is 3. The first-order chi connectivity index (χ1) is 9.06. The fourth-order valence-electron chi connectivity index (χ4n) is 2.54. The summed E-state index contributed by atoms with van der Waals surface area (Å²) in [5.74, 6) is 0.915. The van der Waals surface area contributed by atoms with Crippen molar-refractivity contribution in [1.82, 2.24) is 0 Å². The number of methoxy groups -OCH3 is 1. The third kappa shape index (κ3) is 2.64. The molecule has 2 nitrogen and oxygen atoms in total. The van der Waals surface area contributed by atoms with Crippen LogP contribution in [0, 0.1) is 20.8 Å². The fraction of sp³-hybridized carbons (Fsp3) is 0.294. The Kier molecular flexibility index (Phi) is 3.91. The highest BCUT2D eigenvalue weighted by Gasteiger charge is 2.13. The van der Waals surface area contributed by atoms with E-state index in [2.05, 4.69) is 51.1 Å². The second-order valence-corrected chi connectivity index (χ2v) is 5.02. The molecule has 2 heteroatoms. The van der Waals surface area contributed by atoms with E-state index in [-0.39, 0.29) is 0 Å². The Morgan fingerprint density at radius 3 is 2.37 bits per heavy atom. The standard InChI is InChI=1S/C17H21NO/c1-11-5-6-14(10-18)15(8-11)17-13(3)7-12(2)9-16(17)19-4/h5-9H,10,18H2,1-4H3. The lowest BCUT2D eigenvalue weighted by Gasteiger charge is -2.16. The van der Waals surface area contributed by atoms with Crippen LogP contribution in [0.1, 0.15) is 22.3 Å². The summed E-state index contributed by atoms with van der Waals surface area (Å²) in [6, 6.07) is 10.6. The molecule has 0 saturated heterocycles. The van der Waals surface area contributed by atoms with Crippen molar-refractivity contribution in [2.24, 2.45) is 5.73 Å².